The van der Waals surface area contributed by atoms with Gasteiger partial charge in [0.2, 0.25) is 0 Å². The predicted octanol–water partition coefficient (Wildman–Crippen LogP) is 2.68. The van der Waals surface area contributed by atoms with Crippen LogP contribution in [0.5, 0.6) is 0 Å². The second-order valence-corrected chi connectivity index (χ2v) is 4.58. The van der Waals surface area contributed by atoms with Crippen LogP contribution in [0, 0.1) is 0 Å². The first-order chi connectivity index (χ1) is 7.11. The van der Waals surface area contributed by atoms with Crippen LogP contribution in [0.15, 0.2) is 24.3 Å². The van der Waals surface area contributed by atoms with E-state index in [9.17, 15) is 0 Å². The fraction of sp³-hybridized carbons (Fsp3) is 0.417. The maximum absolute atomic E-state index is 5.42. The topological polar surface area (TPSA) is 6.48 Å². The van der Waals surface area contributed by atoms with Crippen molar-refractivity contribution in [1.29, 1.82) is 0 Å². The summed E-state index contributed by atoms with van der Waals surface area (Å²) in [5, 5.41) is 0. The van der Waals surface area contributed by atoms with E-state index >= 15 is 0 Å². The average molecular weight is 220 g/mol. The Balaban J connectivity index is 2.54. The standard InChI is InChI=1S/C12H16N2S/c1-9-8-12(15)14(3)11-7-5-4-6-10(11)13(9)2/h4-7,9H,8H2,1-3H3. The number of hydrogen-bond donors (Lipinski definition) is 0. The van der Waals surface area contributed by atoms with Crippen molar-refractivity contribution in [3.05, 3.63) is 24.3 Å². The molecular weight excluding hydrogens is 204 g/mol. The minimum Gasteiger partial charge on any atom is -0.370 e. The minimum atomic E-state index is 0.462. The lowest BCUT2D eigenvalue weighted by Crippen LogP contribution is -2.30. The van der Waals surface area contributed by atoms with Gasteiger partial charge in [-0.05, 0) is 19.1 Å². The Morgan fingerprint density at radius 1 is 1.20 bits per heavy atom. The van der Waals surface area contributed by atoms with Gasteiger partial charge in [-0.1, -0.05) is 24.4 Å². The summed E-state index contributed by atoms with van der Waals surface area (Å²) in [5.74, 6) is 0. The summed E-state index contributed by atoms with van der Waals surface area (Å²) in [5.41, 5.74) is 2.46. The van der Waals surface area contributed by atoms with Gasteiger partial charge in [0.25, 0.3) is 0 Å². The maximum atomic E-state index is 5.42. The molecule has 0 N–H and O–H groups in total. The lowest BCUT2D eigenvalue weighted by atomic mass is 10.2. The Morgan fingerprint density at radius 3 is 2.47 bits per heavy atom. The molecule has 1 aromatic rings. The summed E-state index contributed by atoms with van der Waals surface area (Å²) in [7, 11) is 4.18. The number of thiocarbonyl (C=S) groups is 1. The van der Waals surface area contributed by atoms with E-state index in [0.717, 1.165) is 11.4 Å². The first-order valence-corrected chi connectivity index (χ1v) is 5.60. The fourth-order valence-electron chi connectivity index (χ4n) is 1.94. The van der Waals surface area contributed by atoms with Gasteiger partial charge in [-0.15, -0.1) is 0 Å². The van der Waals surface area contributed by atoms with Crippen molar-refractivity contribution in [2.75, 3.05) is 23.9 Å². The van der Waals surface area contributed by atoms with Gasteiger partial charge in [0.1, 0.15) is 0 Å². The van der Waals surface area contributed by atoms with Crippen LogP contribution in [0.4, 0.5) is 11.4 Å². The van der Waals surface area contributed by atoms with Crippen LogP contribution in [0.1, 0.15) is 13.3 Å². The molecule has 0 amide bonds. The van der Waals surface area contributed by atoms with Crippen LogP contribution >= 0.6 is 12.2 Å². The van der Waals surface area contributed by atoms with Crippen LogP contribution in [0.2, 0.25) is 0 Å². The molecule has 0 fully saturated rings. The minimum absolute atomic E-state index is 0.462. The third-order valence-corrected chi connectivity index (χ3v) is 3.57. The zero-order chi connectivity index (χ0) is 11.0. The van der Waals surface area contributed by atoms with Gasteiger partial charge in [-0.25, -0.2) is 0 Å². The van der Waals surface area contributed by atoms with E-state index in [1.165, 1.54) is 11.4 Å². The first-order valence-electron chi connectivity index (χ1n) is 5.19. The molecule has 0 saturated heterocycles. The van der Waals surface area contributed by atoms with E-state index in [1.54, 1.807) is 0 Å². The van der Waals surface area contributed by atoms with Crippen LogP contribution in [0.3, 0.4) is 0 Å². The molecule has 0 aliphatic carbocycles. The van der Waals surface area contributed by atoms with Crippen molar-refractivity contribution in [3.8, 4) is 0 Å². The number of anilines is 2. The van der Waals surface area contributed by atoms with Gasteiger partial charge >= 0.3 is 0 Å². The molecule has 0 spiro atoms. The van der Waals surface area contributed by atoms with Gasteiger partial charge in [0.05, 0.1) is 16.4 Å². The first kappa shape index (κ1) is 10.4. The summed E-state index contributed by atoms with van der Waals surface area (Å²) in [6.45, 7) is 2.21. The molecule has 15 heavy (non-hydrogen) atoms. The monoisotopic (exact) mass is 220 g/mol. The predicted molar refractivity (Wildman–Crippen MR) is 69.9 cm³/mol. The van der Waals surface area contributed by atoms with Crippen molar-refractivity contribution in [2.45, 2.75) is 19.4 Å². The fourth-order valence-corrected chi connectivity index (χ4v) is 2.28. The molecule has 1 aromatic carbocycles. The van der Waals surface area contributed by atoms with Crippen molar-refractivity contribution in [2.24, 2.45) is 0 Å². The second kappa shape index (κ2) is 3.81. The number of nitrogens with zero attached hydrogens (tertiary/aromatic N) is 2. The average Bonchev–Trinajstić information content (AvgIpc) is 2.33. The lowest BCUT2D eigenvalue weighted by Gasteiger charge is -2.25. The van der Waals surface area contributed by atoms with E-state index in [2.05, 4.69) is 48.0 Å². The molecule has 0 radical (unpaired) electrons. The van der Waals surface area contributed by atoms with Crippen LogP contribution in [-0.4, -0.2) is 25.1 Å². The molecule has 1 aliphatic rings. The van der Waals surface area contributed by atoms with E-state index in [-0.39, 0.29) is 0 Å². The van der Waals surface area contributed by atoms with E-state index < -0.39 is 0 Å². The van der Waals surface area contributed by atoms with Crippen molar-refractivity contribution in [3.63, 3.8) is 0 Å². The van der Waals surface area contributed by atoms with E-state index in [4.69, 9.17) is 12.2 Å². The lowest BCUT2D eigenvalue weighted by molar-refractivity contribution is 0.721. The summed E-state index contributed by atoms with van der Waals surface area (Å²) < 4.78 is 0. The smallest absolute Gasteiger partial charge is 0.0842 e. The largest absolute Gasteiger partial charge is 0.370 e. The third kappa shape index (κ3) is 1.72. The summed E-state index contributed by atoms with van der Waals surface area (Å²) in [4.78, 5) is 5.43. The molecule has 1 unspecified atom stereocenters. The third-order valence-electron chi connectivity index (χ3n) is 3.13. The van der Waals surface area contributed by atoms with E-state index in [0.29, 0.717) is 6.04 Å². The molecule has 80 valence electrons. The zero-order valence-electron chi connectivity index (χ0n) is 9.40. The molecule has 2 rings (SSSR count). The molecule has 0 bridgehead atoms. The Morgan fingerprint density at radius 2 is 1.80 bits per heavy atom. The second-order valence-electron chi connectivity index (χ2n) is 4.11. The summed E-state index contributed by atoms with van der Waals surface area (Å²) in [6, 6.07) is 8.86. The highest BCUT2D eigenvalue weighted by molar-refractivity contribution is 7.80. The zero-order valence-corrected chi connectivity index (χ0v) is 10.2. The van der Waals surface area contributed by atoms with Gasteiger partial charge in [-0.2, -0.15) is 0 Å². The van der Waals surface area contributed by atoms with Crippen LogP contribution < -0.4 is 9.80 Å². The normalized spacial score (nSPS) is 21.3. The number of fused-ring (bicyclic) bond motifs is 1. The van der Waals surface area contributed by atoms with E-state index in [1.807, 2.05) is 7.05 Å². The Kier molecular flexibility index (Phi) is 2.65. The van der Waals surface area contributed by atoms with Gasteiger partial charge < -0.3 is 9.80 Å². The Hall–Kier alpha value is -1.09. The van der Waals surface area contributed by atoms with Gasteiger partial charge in [0, 0.05) is 26.6 Å². The molecule has 3 heteroatoms. The van der Waals surface area contributed by atoms with Crippen LogP contribution in [0.25, 0.3) is 0 Å². The molecule has 1 atom stereocenters. The molecular formula is C12H16N2S. The summed E-state index contributed by atoms with van der Waals surface area (Å²) >= 11 is 5.42. The Labute approximate surface area is 96.5 Å². The highest BCUT2D eigenvalue weighted by atomic mass is 32.1. The Bertz CT molecular complexity index is 389. The van der Waals surface area contributed by atoms with Crippen molar-refractivity contribution in [1.82, 2.24) is 0 Å². The molecule has 0 aromatic heterocycles. The molecule has 1 heterocycles. The summed E-state index contributed by atoms with van der Waals surface area (Å²) in [6.07, 6.45) is 0.941. The molecule has 2 nitrogen and oxygen atoms in total. The number of hydrogen-bond acceptors (Lipinski definition) is 2. The quantitative estimate of drug-likeness (QED) is 0.621. The maximum Gasteiger partial charge on any atom is 0.0842 e. The van der Waals surface area contributed by atoms with Crippen molar-refractivity contribution >= 4 is 28.6 Å². The highest BCUT2D eigenvalue weighted by Crippen LogP contribution is 2.33. The number of rotatable bonds is 0. The van der Waals surface area contributed by atoms with Crippen molar-refractivity contribution < 1.29 is 0 Å². The molecule has 1 aliphatic heterocycles. The molecule has 0 saturated carbocycles. The number of benzene rings is 1. The SMILES string of the molecule is CC1CC(=S)N(C)c2ccccc2N1C. The highest BCUT2D eigenvalue weighted by Gasteiger charge is 2.23. The number of para-hydroxylation sites is 2. The van der Waals surface area contributed by atoms with Crippen LogP contribution in [-0.2, 0) is 0 Å². The van der Waals surface area contributed by atoms with Gasteiger partial charge in [-0.3, -0.25) is 0 Å². The van der Waals surface area contributed by atoms with Gasteiger partial charge in [0.15, 0.2) is 0 Å².